The van der Waals surface area contributed by atoms with Crippen molar-refractivity contribution in [3.8, 4) is 0 Å². The molecule has 0 saturated heterocycles. The van der Waals surface area contributed by atoms with Gasteiger partial charge in [-0.2, -0.15) is 0 Å². The van der Waals surface area contributed by atoms with Crippen LogP contribution in [0, 0.1) is 23.7 Å². The van der Waals surface area contributed by atoms with Crippen molar-refractivity contribution in [2.75, 3.05) is 20.7 Å². The minimum atomic E-state index is -0.915. The lowest BCUT2D eigenvalue weighted by molar-refractivity contribution is -0.151. The van der Waals surface area contributed by atoms with E-state index in [0.717, 1.165) is 6.42 Å². The Labute approximate surface area is 117 Å². The Morgan fingerprint density at radius 2 is 1.85 bits per heavy atom. The van der Waals surface area contributed by atoms with E-state index in [-0.39, 0.29) is 36.7 Å². The molecule has 2 aliphatic rings. The number of hydrogen-bond acceptors (Lipinski definition) is 4. The van der Waals surface area contributed by atoms with Gasteiger partial charge in [0, 0.05) is 13.6 Å². The Hall–Kier alpha value is -1.85. The summed E-state index contributed by atoms with van der Waals surface area (Å²) in [6.07, 6.45) is 4.70. The Morgan fingerprint density at radius 1 is 1.25 bits per heavy atom. The van der Waals surface area contributed by atoms with Crippen molar-refractivity contribution in [3.63, 3.8) is 0 Å². The van der Waals surface area contributed by atoms with Gasteiger partial charge < -0.3 is 14.7 Å². The van der Waals surface area contributed by atoms with Crippen molar-refractivity contribution >= 4 is 17.8 Å². The monoisotopic (exact) mass is 281 g/mol. The molecule has 2 rings (SSSR count). The van der Waals surface area contributed by atoms with Crippen LogP contribution in [0.5, 0.6) is 0 Å². The zero-order valence-electron chi connectivity index (χ0n) is 11.6. The number of carboxylic acids is 1. The zero-order valence-corrected chi connectivity index (χ0v) is 11.6. The van der Waals surface area contributed by atoms with Crippen LogP contribution in [0.15, 0.2) is 12.2 Å². The van der Waals surface area contributed by atoms with Crippen LogP contribution in [0.3, 0.4) is 0 Å². The van der Waals surface area contributed by atoms with Crippen LogP contribution in [0.1, 0.15) is 12.8 Å². The summed E-state index contributed by atoms with van der Waals surface area (Å²) in [6.45, 7) is 0.245. The number of hydrogen-bond donors (Lipinski definition) is 1. The van der Waals surface area contributed by atoms with Gasteiger partial charge in [-0.3, -0.25) is 14.4 Å². The van der Waals surface area contributed by atoms with E-state index in [1.54, 1.807) is 7.05 Å². The second-order valence-electron chi connectivity index (χ2n) is 5.42. The minimum Gasteiger partial charge on any atom is -0.481 e. The maximum atomic E-state index is 12.4. The third-order valence-electron chi connectivity index (χ3n) is 4.28. The van der Waals surface area contributed by atoms with Crippen LogP contribution in [0.4, 0.5) is 0 Å². The first kappa shape index (κ1) is 14.6. The average molecular weight is 281 g/mol. The topological polar surface area (TPSA) is 83.9 Å². The molecule has 4 unspecified atom stereocenters. The summed E-state index contributed by atoms with van der Waals surface area (Å²) in [6, 6.07) is 0. The van der Waals surface area contributed by atoms with Gasteiger partial charge in [0.2, 0.25) is 5.91 Å². The minimum absolute atomic E-state index is 0.00850. The number of ether oxygens (including phenoxy) is 1. The molecule has 1 saturated carbocycles. The highest BCUT2D eigenvalue weighted by molar-refractivity contribution is 5.87. The number of carbonyl (C=O) groups excluding carboxylic acids is 2. The number of amides is 1. The van der Waals surface area contributed by atoms with Gasteiger partial charge in [0.05, 0.1) is 25.4 Å². The van der Waals surface area contributed by atoms with Gasteiger partial charge in [-0.25, -0.2) is 0 Å². The lowest BCUT2D eigenvalue weighted by atomic mass is 9.82. The molecule has 6 heteroatoms. The summed E-state index contributed by atoms with van der Waals surface area (Å²) < 4.78 is 4.53. The number of allylic oxidation sites excluding steroid dienone is 2. The molecule has 1 fully saturated rings. The molecule has 0 aromatic heterocycles. The fourth-order valence-electron chi connectivity index (χ4n) is 3.22. The summed E-state index contributed by atoms with van der Waals surface area (Å²) in [4.78, 5) is 36.3. The van der Waals surface area contributed by atoms with Crippen LogP contribution in [0.2, 0.25) is 0 Å². The molecule has 0 spiro atoms. The fourth-order valence-corrected chi connectivity index (χ4v) is 3.22. The van der Waals surface area contributed by atoms with Crippen LogP contribution in [0.25, 0.3) is 0 Å². The molecule has 0 aromatic rings. The first-order chi connectivity index (χ1) is 9.45. The van der Waals surface area contributed by atoms with Gasteiger partial charge in [0.25, 0.3) is 0 Å². The number of esters is 1. The number of aliphatic carboxylic acids is 1. The normalized spacial score (nSPS) is 30.3. The van der Waals surface area contributed by atoms with Crippen molar-refractivity contribution in [3.05, 3.63) is 12.2 Å². The van der Waals surface area contributed by atoms with Crippen molar-refractivity contribution < 1.29 is 24.2 Å². The molecule has 0 radical (unpaired) electrons. The SMILES string of the molecule is COC(=O)CCN(C)C(=O)C1C2C=CC(C2)C1C(=O)O. The van der Waals surface area contributed by atoms with E-state index in [9.17, 15) is 19.5 Å². The molecule has 1 N–H and O–H groups in total. The van der Waals surface area contributed by atoms with Crippen LogP contribution in [-0.4, -0.2) is 48.6 Å². The Morgan fingerprint density at radius 3 is 2.40 bits per heavy atom. The highest BCUT2D eigenvalue weighted by Crippen LogP contribution is 2.48. The molecule has 2 bridgehead atoms. The van der Waals surface area contributed by atoms with Crippen molar-refractivity contribution in [1.82, 2.24) is 4.90 Å². The van der Waals surface area contributed by atoms with Gasteiger partial charge in [-0.1, -0.05) is 12.2 Å². The maximum Gasteiger partial charge on any atom is 0.307 e. The number of methoxy groups -OCH3 is 1. The van der Waals surface area contributed by atoms with Gasteiger partial charge in [0.15, 0.2) is 0 Å². The van der Waals surface area contributed by atoms with Crippen molar-refractivity contribution in [2.45, 2.75) is 12.8 Å². The number of carbonyl (C=O) groups is 3. The Balaban J connectivity index is 2.02. The highest BCUT2D eigenvalue weighted by atomic mass is 16.5. The third-order valence-corrected chi connectivity index (χ3v) is 4.28. The quantitative estimate of drug-likeness (QED) is 0.587. The standard InChI is InChI=1S/C14H19NO5/c1-15(6-5-10(16)20-2)13(17)11-8-3-4-9(7-8)12(11)14(18)19/h3-4,8-9,11-12H,5-7H2,1-2H3,(H,18,19). The van der Waals surface area contributed by atoms with E-state index in [0.29, 0.717) is 0 Å². The van der Waals surface area contributed by atoms with E-state index in [4.69, 9.17) is 0 Å². The molecule has 1 amide bonds. The van der Waals surface area contributed by atoms with E-state index >= 15 is 0 Å². The third kappa shape index (κ3) is 2.55. The maximum absolute atomic E-state index is 12.4. The predicted molar refractivity (Wildman–Crippen MR) is 69.6 cm³/mol. The summed E-state index contributed by atoms with van der Waals surface area (Å²) in [7, 11) is 2.89. The molecule has 110 valence electrons. The predicted octanol–water partition coefficient (Wildman–Crippen LogP) is 0.531. The van der Waals surface area contributed by atoms with E-state index in [1.165, 1.54) is 12.0 Å². The Bertz CT molecular complexity index is 458. The van der Waals surface area contributed by atoms with E-state index in [2.05, 4.69) is 4.74 Å². The average Bonchev–Trinajstić information content (AvgIpc) is 3.03. The number of fused-ring (bicyclic) bond motifs is 2. The molecular weight excluding hydrogens is 262 g/mol. The highest BCUT2D eigenvalue weighted by Gasteiger charge is 2.52. The van der Waals surface area contributed by atoms with Crippen LogP contribution >= 0.6 is 0 Å². The van der Waals surface area contributed by atoms with E-state index < -0.39 is 17.8 Å². The van der Waals surface area contributed by atoms with Gasteiger partial charge in [0.1, 0.15) is 0 Å². The van der Waals surface area contributed by atoms with Crippen LogP contribution < -0.4 is 0 Å². The Kier molecular flexibility index (Phi) is 4.11. The second kappa shape index (κ2) is 5.64. The summed E-state index contributed by atoms with van der Waals surface area (Å²) >= 11 is 0. The molecular formula is C14H19NO5. The first-order valence-corrected chi connectivity index (χ1v) is 6.68. The molecule has 20 heavy (non-hydrogen) atoms. The summed E-state index contributed by atoms with van der Waals surface area (Å²) in [5, 5.41) is 9.31. The van der Waals surface area contributed by atoms with Gasteiger partial charge >= 0.3 is 11.9 Å². The lowest BCUT2D eigenvalue weighted by Crippen LogP contribution is -2.41. The smallest absolute Gasteiger partial charge is 0.307 e. The molecule has 2 aliphatic carbocycles. The largest absolute Gasteiger partial charge is 0.481 e. The first-order valence-electron chi connectivity index (χ1n) is 6.68. The molecule has 0 heterocycles. The van der Waals surface area contributed by atoms with Crippen molar-refractivity contribution in [2.24, 2.45) is 23.7 Å². The zero-order chi connectivity index (χ0) is 14.9. The number of rotatable bonds is 5. The fraction of sp³-hybridized carbons (Fsp3) is 0.643. The summed E-state index contributed by atoms with van der Waals surface area (Å²) in [5.74, 6) is -2.68. The van der Waals surface area contributed by atoms with Crippen LogP contribution in [-0.2, 0) is 19.1 Å². The number of nitrogens with zero attached hydrogens (tertiary/aromatic N) is 1. The molecule has 6 nitrogen and oxygen atoms in total. The molecule has 0 aromatic carbocycles. The van der Waals surface area contributed by atoms with Gasteiger partial charge in [-0.15, -0.1) is 0 Å². The van der Waals surface area contributed by atoms with E-state index in [1.807, 2.05) is 12.2 Å². The van der Waals surface area contributed by atoms with Gasteiger partial charge in [-0.05, 0) is 18.3 Å². The molecule has 0 aliphatic heterocycles. The number of carboxylic acid groups (broad SMARTS) is 1. The lowest BCUT2D eigenvalue weighted by Gasteiger charge is -2.28. The van der Waals surface area contributed by atoms with Crippen molar-refractivity contribution in [1.29, 1.82) is 0 Å². The second-order valence-corrected chi connectivity index (χ2v) is 5.42. The molecule has 4 atom stereocenters. The summed E-state index contributed by atoms with van der Waals surface area (Å²) in [5.41, 5.74) is 0.